The first-order valence-electron chi connectivity index (χ1n) is 10.1. The van der Waals surface area contributed by atoms with Gasteiger partial charge in [0.15, 0.2) is 0 Å². The van der Waals surface area contributed by atoms with E-state index >= 15 is 0 Å². The number of benzene rings is 3. The van der Waals surface area contributed by atoms with E-state index in [0.717, 1.165) is 16.7 Å². The molecule has 3 aromatic carbocycles. The topological polar surface area (TPSA) is 142 Å². The second-order valence-electron chi connectivity index (χ2n) is 7.25. The summed E-state index contributed by atoms with van der Waals surface area (Å²) in [6.45, 7) is 14.9. The number of aliphatic hydroxyl groups excluding tert-OH is 2. The summed E-state index contributed by atoms with van der Waals surface area (Å²) in [5, 5.41) is 59.8. The number of phenolic OH excluding ortho intramolecular Hbond substituents is 5. The van der Waals surface area contributed by atoms with Gasteiger partial charge in [-0.15, -0.1) is 0 Å². The van der Waals surface area contributed by atoms with E-state index in [-0.39, 0.29) is 34.5 Å². The molecular weight excluding hydrogens is 436 g/mol. The number of aromatic hydroxyl groups is 5. The molecule has 3 rings (SSSR count). The van der Waals surface area contributed by atoms with Crippen LogP contribution in [0.1, 0.15) is 30.5 Å². The average molecular weight is 473 g/mol. The summed E-state index contributed by atoms with van der Waals surface area (Å²) >= 11 is 0. The third-order valence-corrected chi connectivity index (χ3v) is 3.41. The second-order valence-corrected chi connectivity index (χ2v) is 7.25. The number of aryl methyl sites for hydroxylation is 3. The molecule has 0 saturated heterocycles. The van der Waals surface area contributed by atoms with Crippen molar-refractivity contribution in [3.05, 3.63) is 102 Å². The van der Waals surface area contributed by atoms with Crippen molar-refractivity contribution in [2.75, 3.05) is 0 Å². The summed E-state index contributed by atoms with van der Waals surface area (Å²) in [6.07, 6.45) is 0. The van der Waals surface area contributed by atoms with Crippen LogP contribution in [-0.2, 0) is 0 Å². The van der Waals surface area contributed by atoms with Crippen LogP contribution < -0.4 is 0 Å². The highest BCUT2D eigenvalue weighted by molar-refractivity contribution is 5.37. The zero-order valence-electron chi connectivity index (χ0n) is 20.3. The minimum absolute atomic E-state index is 0.0955. The minimum Gasteiger partial charge on any atom is -0.513 e. The van der Waals surface area contributed by atoms with E-state index < -0.39 is 0 Å². The van der Waals surface area contributed by atoms with Crippen molar-refractivity contribution >= 4 is 0 Å². The Morgan fingerprint density at radius 2 is 0.824 bits per heavy atom. The van der Waals surface area contributed by atoms with E-state index in [1.54, 1.807) is 19.1 Å². The summed E-state index contributed by atoms with van der Waals surface area (Å²) in [7, 11) is 0. The Kier molecular flexibility index (Phi) is 16.3. The molecule has 0 unspecified atom stereocenters. The molecule has 0 fully saturated rings. The molecule has 0 aliphatic heterocycles. The van der Waals surface area contributed by atoms with E-state index in [1.165, 1.54) is 50.2 Å². The molecule has 7 heteroatoms. The Morgan fingerprint density at radius 3 is 1.09 bits per heavy atom. The van der Waals surface area contributed by atoms with Crippen molar-refractivity contribution in [1.82, 2.24) is 0 Å². The van der Waals surface area contributed by atoms with Crippen LogP contribution in [0.5, 0.6) is 28.7 Å². The van der Waals surface area contributed by atoms with Crippen LogP contribution in [0, 0.1) is 20.8 Å². The molecule has 0 aliphatic carbocycles. The Labute approximate surface area is 201 Å². The number of allylic oxidation sites excluding steroid dienone is 2. The lowest BCUT2D eigenvalue weighted by molar-refractivity contribution is 0.416. The van der Waals surface area contributed by atoms with Crippen molar-refractivity contribution < 1.29 is 35.7 Å². The van der Waals surface area contributed by atoms with Crippen molar-refractivity contribution in [3.8, 4) is 28.7 Å². The average Bonchev–Trinajstić information content (AvgIpc) is 2.70. The summed E-state index contributed by atoms with van der Waals surface area (Å²) in [5.74, 6) is 1.29. The molecule has 0 atom stereocenters. The molecule has 34 heavy (non-hydrogen) atoms. The van der Waals surface area contributed by atoms with Crippen molar-refractivity contribution in [2.24, 2.45) is 0 Å². The van der Waals surface area contributed by atoms with Gasteiger partial charge in [0.05, 0.1) is 11.5 Å². The Balaban J connectivity index is 0. The highest BCUT2D eigenvalue weighted by Gasteiger charge is 1.94. The molecule has 7 nitrogen and oxygen atoms in total. The van der Waals surface area contributed by atoms with E-state index in [4.69, 9.17) is 35.7 Å². The van der Waals surface area contributed by atoms with Crippen molar-refractivity contribution in [3.63, 3.8) is 0 Å². The largest absolute Gasteiger partial charge is 0.513 e. The second kappa shape index (κ2) is 17.3. The molecule has 0 aromatic heterocycles. The van der Waals surface area contributed by atoms with Crippen LogP contribution in [0.25, 0.3) is 0 Å². The smallest absolute Gasteiger partial charge is 0.122 e. The lowest BCUT2D eigenvalue weighted by Crippen LogP contribution is -1.74. The lowest BCUT2D eigenvalue weighted by Gasteiger charge is -1.97. The van der Waals surface area contributed by atoms with Gasteiger partial charge in [-0.2, -0.15) is 0 Å². The first kappa shape index (κ1) is 31.9. The predicted molar refractivity (Wildman–Crippen MR) is 137 cm³/mol. The molecule has 0 aliphatic rings. The maximum atomic E-state index is 9.10. The third-order valence-electron chi connectivity index (χ3n) is 3.41. The highest BCUT2D eigenvalue weighted by atomic mass is 16.3. The van der Waals surface area contributed by atoms with Crippen LogP contribution >= 0.6 is 0 Å². The molecule has 0 heterocycles. The zero-order valence-corrected chi connectivity index (χ0v) is 20.3. The number of hydrogen-bond acceptors (Lipinski definition) is 7. The van der Waals surface area contributed by atoms with Gasteiger partial charge in [-0.1, -0.05) is 31.4 Å². The molecule has 0 bridgehead atoms. The van der Waals surface area contributed by atoms with Gasteiger partial charge < -0.3 is 35.7 Å². The van der Waals surface area contributed by atoms with Gasteiger partial charge in [0, 0.05) is 6.07 Å². The van der Waals surface area contributed by atoms with Crippen LogP contribution in [-0.4, -0.2) is 35.7 Å². The fourth-order valence-electron chi connectivity index (χ4n) is 1.77. The van der Waals surface area contributed by atoms with Crippen LogP contribution in [0.2, 0.25) is 0 Å². The Morgan fingerprint density at radius 1 is 0.529 bits per heavy atom. The van der Waals surface area contributed by atoms with Crippen LogP contribution in [0.4, 0.5) is 0 Å². The Bertz CT molecular complexity index is 919. The number of hydrogen-bond donors (Lipinski definition) is 7. The maximum absolute atomic E-state index is 9.10. The first-order chi connectivity index (χ1) is 15.6. The van der Waals surface area contributed by atoms with Gasteiger partial charge in [0.25, 0.3) is 0 Å². The number of phenols is 5. The summed E-state index contributed by atoms with van der Waals surface area (Å²) in [6, 6.07) is 15.9. The lowest BCUT2D eigenvalue weighted by atomic mass is 10.1. The van der Waals surface area contributed by atoms with Crippen LogP contribution in [0.15, 0.2) is 85.3 Å². The van der Waals surface area contributed by atoms with Gasteiger partial charge in [0.1, 0.15) is 28.7 Å². The van der Waals surface area contributed by atoms with Gasteiger partial charge in [-0.25, -0.2) is 0 Å². The quantitative estimate of drug-likeness (QED) is 0.143. The number of rotatable bonds is 0. The molecule has 3 aromatic rings. The molecule has 0 radical (unpaired) electrons. The van der Waals surface area contributed by atoms with Crippen LogP contribution in [0.3, 0.4) is 0 Å². The van der Waals surface area contributed by atoms with Gasteiger partial charge in [0.2, 0.25) is 0 Å². The Hall–Kier alpha value is -4.26. The molecule has 0 spiro atoms. The normalized spacial score (nSPS) is 8.62. The maximum Gasteiger partial charge on any atom is 0.122 e. The first-order valence-corrected chi connectivity index (χ1v) is 10.1. The van der Waals surface area contributed by atoms with E-state index in [0.29, 0.717) is 5.75 Å². The highest BCUT2D eigenvalue weighted by Crippen LogP contribution is 2.20. The van der Waals surface area contributed by atoms with E-state index in [1.807, 2.05) is 26.0 Å². The summed E-state index contributed by atoms with van der Waals surface area (Å²) < 4.78 is 0. The summed E-state index contributed by atoms with van der Waals surface area (Å²) in [5.41, 5.74) is 2.80. The van der Waals surface area contributed by atoms with Crippen molar-refractivity contribution in [1.29, 1.82) is 0 Å². The van der Waals surface area contributed by atoms with Gasteiger partial charge in [-0.3, -0.25) is 0 Å². The molecule has 0 amide bonds. The van der Waals surface area contributed by atoms with Gasteiger partial charge in [-0.05, 0) is 87.7 Å². The fraction of sp³-hybridized carbons (Fsp3) is 0.185. The molecule has 0 saturated carbocycles. The fourth-order valence-corrected chi connectivity index (χ4v) is 1.77. The van der Waals surface area contributed by atoms with Gasteiger partial charge >= 0.3 is 0 Å². The predicted octanol–water partition coefficient (Wildman–Crippen LogP) is 6.67. The molecule has 186 valence electrons. The monoisotopic (exact) mass is 472 g/mol. The van der Waals surface area contributed by atoms with E-state index in [2.05, 4.69) is 13.2 Å². The van der Waals surface area contributed by atoms with E-state index in [9.17, 15) is 0 Å². The summed E-state index contributed by atoms with van der Waals surface area (Å²) in [4.78, 5) is 0. The van der Waals surface area contributed by atoms with Crippen molar-refractivity contribution in [2.45, 2.75) is 34.6 Å². The third kappa shape index (κ3) is 19.7. The zero-order chi connectivity index (χ0) is 26.8. The molecular formula is C27H36O7. The SMILES string of the molecule is C=C(C)O.C=C(C)O.Cc1ccc(C)c(O)c1.Cc1ccc(O)cc1O.Oc1ccc(O)cc1. The molecule has 7 N–H and O–H groups in total. The minimum atomic E-state index is 0.0955. The standard InChI is InChI=1S/C8H10O.C7H8O2.C6H6O2.2C3H6O/c1-6-3-4-7(2)8(9)5-6;1-5-2-3-6(8)4-7(5)9;7-5-1-2-6(8)4-3-5;2*1-3(2)4/h3-5,9H,1-2H3;2-4,8-9H,1H3;1-4,7-8H;2*4H,1H2,2H3. The number of aliphatic hydroxyl groups is 2.